The van der Waals surface area contributed by atoms with E-state index in [0.29, 0.717) is 24.2 Å². The standard InChI is InChI=1S/C27H25N5O3S/c33-25(19-32-23-12-5-4-11-22(23)29-30-32)31(15-14-20-8-2-1-3-9-20)26(24-13-7-17-36-24)27(34)28-18-21-10-6-16-35-21/h1-13,16-17,26H,14-15,18-19H2,(H,28,34)/t26-/m0/s1. The molecule has 1 N–H and O–H groups in total. The lowest BCUT2D eigenvalue weighted by molar-refractivity contribution is -0.141. The predicted molar refractivity (Wildman–Crippen MR) is 137 cm³/mol. The molecule has 5 aromatic rings. The van der Waals surface area contributed by atoms with Crippen LogP contribution in [0.5, 0.6) is 0 Å². The van der Waals surface area contributed by atoms with E-state index in [0.717, 1.165) is 16.0 Å². The monoisotopic (exact) mass is 499 g/mol. The van der Waals surface area contributed by atoms with Crippen LogP contribution in [0.1, 0.15) is 22.2 Å². The summed E-state index contributed by atoms with van der Waals surface area (Å²) in [7, 11) is 0. The summed E-state index contributed by atoms with van der Waals surface area (Å²) >= 11 is 1.45. The number of carbonyl (C=O) groups excluding carboxylic acids is 2. The molecule has 182 valence electrons. The van der Waals surface area contributed by atoms with Crippen LogP contribution in [0.25, 0.3) is 11.0 Å². The minimum absolute atomic E-state index is 0.0252. The van der Waals surface area contributed by atoms with Crippen LogP contribution in [0, 0.1) is 0 Å². The third-order valence-corrected chi connectivity index (χ3v) is 6.82. The Labute approximate surface area is 212 Å². The lowest BCUT2D eigenvalue weighted by Crippen LogP contribution is -2.45. The molecule has 0 unspecified atom stereocenters. The van der Waals surface area contributed by atoms with Gasteiger partial charge in [-0.3, -0.25) is 9.59 Å². The van der Waals surface area contributed by atoms with Crippen LogP contribution in [-0.2, 0) is 29.1 Å². The Morgan fingerprint density at radius 1 is 1.00 bits per heavy atom. The van der Waals surface area contributed by atoms with E-state index in [9.17, 15) is 9.59 Å². The number of nitrogens with one attached hydrogen (secondary N) is 1. The molecule has 0 saturated heterocycles. The quantitative estimate of drug-likeness (QED) is 0.311. The van der Waals surface area contributed by atoms with Gasteiger partial charge in [0.1, 0.15) is 23.9 Å². The number of furan rings is 1. The van der Waals surface area contributed by atoms with E-state index in [1.165, 1.54) is 11.3 Å². The molecule has 3 aromatic heterocycles. The van der Waals surface area contributed by atoms with E-state index in [2.05, 4.69) is 15.6 Å². The van der Waals surface area contributed by atoms with Gasteiger partial charge in [0.2, 0.25) is 11.8 Å². The summed E-state index contributed by atoms with van der Waals surface area (Å²) < 4.78 is 6.95. The molecular weight excluding hydrogens is 474 g/mol. The van der Waals surface area contributed by atoms with E-state index in [1.807, 2.05) is 72.1 Å². The average molecular weight is 500 g/mol. The van der Waals surface area contributed by atoms with Crippen LogP contribution >= 0.6 is 11.3 Å². The Kier molecular flexibility index (Phi) is 7.18. The van der Waals surface area contributed by atoms with Crippen molar-refractivity contribution < 1.29 is 14.0 Å². The van der Waals surface area contributed by atoms with Crippen molar-refractivity contribution in [3.63, 3.8) is 0 Å². The maximum Gasteiger partial charge on any atom is 0.248 e. The number of carbonyl (C=O) groups is 2. The number of nitrogens with zero attached hydrogens (tertiary/aromatic N) is 4. The first-order valence-corrected chi connectivity index (χ1v) is 12.5. The van der Waals surface area contributed by atoms with Gasteiger partial charge in [0.05, 0.1) is 18.3 Å². The first-order chi connectivity index (χ1) is 17.7. The predicted octanol–water partition coefficient (Wildman–Crippen LogP) is 4.21. The molecule has 0 fully saturated rings. The Morgan fingerprint density at radius 3 is 2.61 bits per heavy atom. The Balaban J connectivity index is 1.43. The second kappa shape index (κ2) is 11.0. The van der Waals surface area contributed by atoms with Crippen molar-refractivity contribution in [2.75, 3.05) is 6.54 Å². The highest BCUT2D eigenvalue weighted by Crippen LogP contribution is 2.27. The zero-order valence-corrected chi connectivity index (χ0v) is 20.3. The molecular formula is C27H25N5O3S. The fourth-order valence-corrected chi connectivity index (χ4v) is 4.93. The molecule has 9 heteroatoms. The highest BCUT2D eigenvalue weighted by Gasteiger charge is 2.32. The number of hydrogen-bond donors (Lipinski definition) is 1. The van der Waals surface area contributed by atoms with E-state index in [-0.39, 0.29) is 24.9 Å². The molecule has 1 atom stereocenters. The number of aromatic nitrogens is 3. The molecule has 0 radical (unpaired) electrons. The van der Waals surface area contributed by atoms with Crippen LogP contribution in [0.3, 0.4) is 0 Å². The third-order valence-electron chi connectivity index (χ3n) is 5.90. The van der Waals surface area contributed by atoms with E-state index >= 15 is 0 Å². The second-order valence-electron chi connectivity index (χ2n) is 8.27. The fraction of sp³-hybridized carbons (Fsp3) is 0.185. The van der Waals surface area contributed by atoms with Crippen LogP contribution in [-0.4, -0.2) is 38.3 Å². The SMILES string of the molecule is O=C(NCc1ccco1)[C@H](c1cccs1)N(CCc1ccccc1)C(=O)Cn1nnc2ccccc21. The fourth-order valence-electron chi connectivity index (χ4n) is 4.10. The van der Waals surface area contributed by atoms with Crippen molar-refractivity contribution in [1.29, 1.82) is 0 Å². The number of fused-ring (bicyclic) bond motifs is 1. The normalized spacial score (nSPS) is 11.9. The highest BCUT2D eigenvalue weighted by atomic mass is 32.1. The van der Waals surface area contributed by atoms with Gasteiger partial charge in [-0.05, 0) is 47.7 Å². The van der Waals surface area contributed by atoms with Crippen molar-refractivity contribution in [2.45, 2.75) is 25.6 Å². The summed E-state index contributed by atoms with van der Waals surface area (Å²) in [6.07, 6.45) is 2.17. The van der Waals surface area contributed by atoms with Crippen molar-refractivity contribution in [3.05, 3.63) is 107 Å². The van der Waals surface area contributed by atoms with Crippen LogP contribution < -0.4 is 5.32 Å². The van der Waals surface area contributed by atoms with Crippen LogP contribution in [0.4, 0.5) is 0 Å². The Bertz CT molecular complexity index is 1410. The zero-order chi connectivity index (χ0) is 24.7. The molecule has 0 spiro atoms. The lowest BCUT2D eigenvalue weighted by Gasteiger charge is -2.30. The van der Waals surface area contributed by atoms with Gasteiger partial charge in [0.15, 0.2) is 0 Å². The van der Waals surface area contributed by atoms with Gasteiger partial charge >= 0.3 is 0 Å². The maximum atomic E-state index is 13.8. The van der Waals surface area contributed by atoms with Crippen molar-refractivity contribution in [3.8, 4) is 0 Å². The Hall–Kier alpha value is -4.24. The van der Waals surface area contributed by atoms with Gasteiger partial charge in [-0.25, -0.2) is 4.68 Å². The van der Waals surface area contributed by atoms with Gasteiger partial charge in [0, 0.05) is 11.4 Å². The van der Waals surface area contributed by atoms with Crippen molar-refractivity contribution >= 4 is 34.2 Å². The van der Waals surface area contributed by atoms with Gasteiger partial charge < -0.3 is 14.6 Å². The summed E-state index contributed by atoms with van der Waals surface area (Å²) in [6.45, 7) is 0.580. The number of benzene rings is 2. The first kappa shape index (κ1) is 23.5. The van der Waals surface area contributed by atoms with Gasteiger partial charge in [0.25, 0.3) is 0 Å². The minimum Gasteiger partial charge on any atom is -0.467 e. The molecule has 5 rings (SSSR count). The highest BCUT2D eigenvalue weighted by molar-refractivity contribution is 7.10. The van der Waals surface area contributed by atoms with Gasteiger partial charge in [-0.1, -0.05) is 53.7 Å². The summed E-state index contributed by atoms with van der Waals surface area (Å²) in [4.78, 5) is 29.8. The van der Waals surface area contributed by atoms with Crippen LogP contribution in [0.15, 0.2) is 94.9 Å². The molecule has 0 bridgehead atoms. The average Bonchev–Trinajstić information content (AvgIpc) is 3.69. The zero-order valence-electron chi connectivity index (χ0n) is 19.5. The van der Waals surface area contributed by atoms with E-state index in [1.54, 1.807) is 28.0 Å². The lowest BCUT2D eigenvalue weighted by atomic mass is 10.1. The van der Waals surface area contributed by atoms with Gasteiger partial charge in [-0.2, -0.15) is 0 Å². The molecule has 2 aromatic carbocycles. The number of hydrogen-bond acceptors (Lipinski definition) is 6. The number of para-hydroxylation sites is 1. The molecule has 2 amide bonds. The molecule has 36 heavy (non-hydrogen) atoms. The number of thiophene rings is 1. The molecule has 0 aliphatic heterocycles. The number of amides is 2. The van der Waals surface area contributed by atoms with Crippen LogP contribution in [0.2, 0.25) is 0 Å². The summed E-state index contributed by atoms with van der Waals surface area (Å²) in [5, 5.41) is 13.2. The van der Waals surface area contributed by atoms with E-state index < -0.39 is 6.04 Å². The van der Waals surface area contributed by atoms with Crippen molar-refractivity contribution in [1.82, 2.24) is 25.2 Å². The molecule has 8 nitrogen and oxygen atoms in total. The summed E-state index contributed by atoms with van der Waals surface area (Å²) in [5.41, 5.74) is 2.57. The summed E-state index contributed by atoms with van der Waals surface area (Å²) in [6, 6.07) is 24.0. The minimum atomic E-state index is -0.786. The van der Waals surface area contributed by atoms with Crippen molar-refractivity contribution in [2.24, 2.45) is 0 Å². The van der Waals surface area contributed by atoms with Gasteiger partial charge in [-0.15, -0.1) is 16.4 Å². The number of rotatable bonds is 10. The third kappa shape index (κ3) is 5.36. The molecule has 0 aliphatic rings. The first-order valence-electron chi connectivity index (χ1n) is 11.6. The largest absolute Gasteiger partial charge is 0.467 e. The molecule has 3 heterocycles. The molecule has 0 saturated carbocycles. The topological polar surface area (TPSA) is 93.3 Å². The summed E-state index contributed by atoms with van der Waals surface area (Å²) in [5.74, 6) is 0.163. The van der Waals surface area contributed by atoms with E-state index in [4.69, 9.17) is 4.42 Å². The molecule has 0 aliphatic carbocycles. The smallest absolute Gasteiger partial charge is 0.248 e. The Morgan fingerprint density at radius 2 is 1.83 bits per heavy atom. The maximum absolute atomic E-state index is 13.8. The second-order valence-corrected chi connectivity index (χ2v) is 9.25.